The standard InChI is InChI=1S/C26H22N4O4/c1-34-22-9-5-4-8-21(22)30-15-14-20(26(30)33)24(31)27-17-12-10-16(11-13-17)23-18-6-2-3-7-19(18)25(32)29-28-23/h2-13,19-20H,14-15H2,1H3,(H,27,31). The minimum atomic E-state index is -0.771. The summed E-state index contributed by atoms with van der Waals surface area (Å²) in [6.45, 7) is 0.444. The van der Waals surface area contributed by atoms with Crippen LogP contribution >= 0.6 is 0 Å². The zero-order valence-corrected chi connectivity index (χ0v) is 18.5. The molecule has 1 saturated heterocycles. The molecule has 8 heteroatoms. The fraction of sp³-hybridized carbons (Fsp3) is 0.192. The number of carbonyl (C=O) groups is 3. The van der Waals surface area contributed by atoms with E-state index in [1.807, 2.05) is 48.6 Å². The molecule has 5 rings (SSSR count). The first-order valence-electron chi connectivity index (χ1n) is 11.0. The van der Waals surface area contributed by atoms with Gasteiger partial charge in [0, 0.05) is 17.8 Å². The molecule has 0 bridgehead atoms. The summed E-state index contributed by atoms with van der Waals surface area (Å²) in [4.78, 5) is 39.5. The molecule has 0 saturated carbocycles. The van der Waals surface area contributed by atoms with Crippen molar-refractivity contribution in [1.29, 1.82) is 0 Å². The van der Waals surface area contributed by atoms with E-state index in [4.69, 9.17) is 4.74 Å². The lowest BCUT2D eigenvalue weighted by Crippen LogP contribution is -2.33. The molecule has 2 unspecified atom stereocenters. The van der Waals surface area contributed by atoms with Gasteiger partial charge in [-0.25, -0.2) is 0 Å². The zero-order chi connectivity index (χ0) is 23.7. The van der Waals surface area contributed by atoms with Crippen molar-refractivity contribution in [2.75, 3.05) is 23.9 Å². The van der Waals surface area contributed by atoms with Crippen molar-refractivity contribution >= 4 is 34.8 Å². The van der Waals surface area contributed by atoms with Crippen LogP contribution in [0.4, 0.5) is 11.4 Å². The summed E-state index contributed by atoms with van der Waals surface area (Å²) >= 11 is 0. The second-order valence-corrected chi connectivity index (χ2v) is 8.13. The second-order valence-electron chi connectivity index (χ2n) is 8.13. The number of hydrogen-bond acceptors (Lipinski definition) is 5. The van der Waals surface area contributed by atoms with Crippen molar-refractivity contribution in [2.24, 2.45) is 22.1 Å². The first-order valence-corrected chi connectivity index (χ1v) is 11.0. The molecule has 34 heavy (non-hydrogen) atoms. The minimum Gasteiger partial charge on any atom is -0.495 e. The Morgan fingerprint density at radius 2 is 1.85 bits per heavy atom. The van der Waals surface area contributed by atoms with Gasteiger partial charge in [0.15, 0.2) is 0 Å². The van der Waals surface area contributed by atoms with Gasteiger partial charge in [-0.3, -0.25) is 14.4 Å². The topological polar surface area (TPSA) is 100 Å². The summed E-state index contributed by atoms with van der Waals surface area (Å²) in [5, 5.41) is 10.7. The molecule has 2 aliphatic heterocycles. The maximum atomic E-state index is 13.0. The van der Waals surface area contributed by atoms with Crippen molar-refractivity contribution in [1.82, 2.24) is 0 Å². The first kappa shape index (κ1) is 21.5. The highest BCUT2D eigenvalue weighted by atomic mass is 16.5. The number of carbonyl (C=O) groups excluding carboxylic acids is 3. The molecule has 2 aromatic carbocycles. The summed E-state index contributed by atoms with van der Waals surface area (Å²) in [5.74, 6) is -1.48. The van der Waals surface area contributed by atoms with Crippen LogP contribution in [0.3, 0.4) is 0 Å². The van der Waals surface area contributed by atoms with E-state index < -0.39 is 11.8 Å². The Balaban J connectivity index is 1.30. The van der Waals surface area contributed by atoms with E-state index in [0.717, 1.165) is 11.1 Å². The number of allylic oxidation sites excluding steroid dienone is 3. The van der Waals surface area contributed by atoms with Crippen molar-refractivity contribution in [2.45, 2.75) is 6.42 Å². The van der Waals surface area contributed by atoms with Gasteiger partial charge in [-0.05, 0) is 36.3 Å². The Kier molecular flexibility index (Phi) is 5.63. The van der Waals surface area contributed by atoms with Crippen LogP contribution in [0.2, 0.25) is 0 Å². The van der Waals surface area contributed by atoms with Gasteiger partial charge in [0.05, 0.1) is 24.4 Å². The molecule has 170 valence electrons. The molecule has 1 aliphatic carbocycles. The highest BCUT2D eigenvalue weighted by molar-refractivity contribution is 6.13. The fourth-order valence-corrected chi connectivity index (χ4v) is 4.38. The van der Waals surface area contributed by atoms with Gasteiger partial charge >= 0.3 is 0 Å². The van der Waals surface area contributed by atoms with E-state index in [1.54, 1.807) is 36.3 Å². The molecule has 3 amide bonds. The third-order valence-electron chi connectivity index (χ3n) is 6.14. The first-order chi connectivity index (χ1) is 16.6. The number of anilines is 2. The Labute approximate surface area is 196 Å². The predicted octanol–water partition coefficient (Wildman–Crippen LogP) is 4.13. The Morgan fingerprint density at radius 1 is 1.06 bits per heavy atom. The molecular formula is C26H22N4O4. The largest absolute Gasteiger partial charge is 0.495 e. The second kappa shape index (κ2) is 8.90. The molecule has 2 atom stereocenters. The number of nitrogens with one attached hydrogen (secondary N) is 1. The number of para-hydroxylation sites is 2. The van der Waals surface area contributed by atoms with Gasteiger partial charge in [0.25, 0.3) is 5.91 Å². The van der Waals surface area contributed by atoms with Crippen LogP contribution in [0, 0.1) is 11.8 Å². The molecule has 8 nitrogen and oxygen atoms in total. The fourth-order valence-electron chi connectivity index (χ4n) is 4.38. The molecule has 0 radical (unpaired) electrons. The van der Waals surface area contributed by atoms with Gasteiger partial charge in [-0.15, -0.1) is 10.2 Å². The number of amides is 3. The number of ether oxygens (including phenoxy) is 1. The summed E-state index contributed by atoms with van der Waals surface area (Å²) in [6.07, 6.45) is 7.78. The minimum absolute atomic E-state index is 0.249. The third kappa shape index (κ3) is 3.83. The normalized spacial score (nSPS) is 21.1. The number of fused-ring (bicyclic) bond motifs is 1. The number of rotatable bonds is 5. The predicted molar refractivity (Wildman–Crippen MR) is 127 cm³/mol. The molecular weight excluding hydrogens is 432 g/mol. The summed E-state index contributed by atoms with van der Waals surface area (Å²) in [6, 6.07) is 14.4. The third-order valence-corrected chi connectivity index (χ3v) is 6.14. The van der Waals surface area contributed by atoms with Crippen LogP contribution in [0.5, 0.6) is 5.75 Å². The lowest BCUT2D eigenvalue weighted by molar-refractivity contribution is -0.129. The van der Waals surface area contributed by atoms with E-state index in [-0.39, 0.29) is 17.7 Å². The highest BCUT2D eigenvalue weighted by Gasteiger charge is 2.38. The lowest BCUT2D eigenvalue weighted by Gasteiger charge is -2.20. The number of methoxy groups -OCH3 is 1. The number of azo groups is 1. The molecule has 2 aromatic rings. The molecule has 2 heterocycles. The van der Waals surface area contributed by atoms with Gasteiger partial charge < -0.3 is 15.0 Å². The number of nitrogens with zero attached hydrogens (tertiary/aromatic N) is 3. The summed E-state index contributed by atoms with van der Waals surface area (Å²) in [7, 11) is 1.55. The summed E-state index contributed by atoms with van der Waals surface area (Å²) in [5.41, 5.74) is 3.44. The van der Waals surface area contributed by atoms with Crippen LogP contribution < -0.4 is 15.0 Å². The Hall–Kier alpha value is -4.33. The summed E-state index contributed by atoms with van der Waals surface area (Å²) < 4.78 is 5.36. The van der Waals surface area contributed by atoms with Crippen LogP contribution in [0.15, 0.2) is 88.6 Å². The van der Waals surface area contributed by atoms with Crippen LogP contribution in [-0.4, -0.2) is 31.4 Å². The molecule has 3 aliphatic rings. The maximum absolute atomic E-state index is 13.0. The van der Waals surface area contributed by atoms with E-state index in [0.29, 0.717) is 35.8 Å². The van der Waals surface area contributed by atoms with Gasteiger partial charge in [-0.2, -0.15) is 0 Å². The van der Waals surface area contributed by atoms with Crippen LogP contribution in [0.1, 0.15) is 12.0 Å². The van der Waals surface area contributed by atoms with Crippen LogP contribution in [-0.2, 0) is 14.4 Å². The Morgan fingerprint density at radius 3 is 2.65 bits per heavy atom. The average molecular weight is 454 g/mol. The van der Waals surface area contributed by atoms with E-state index in [1.165, 1.54) is 0 Å². The molecule has 1 fully saturated rings. The van der Waals surface area contributed by atoms with E-state index in [2.05, 4.69) is 15.5 Å². The quantitative estimate of drug-likeness (QED) is 0.687. The van der Waals surface area contributed by atoms with E-state index >= 15 is 0 Å². The highest BCUT2D eigenvalue weighted by Crippen LogP contribution is 2.35. The number of benzene rings is 2. The molecule has 0 spiro atoms. The monoisotopic (exact) mass is 454 g/mol. The van der Waals surface area contributed by atoms with Crippen LogP contribution in [0.25, 0.3) is 5.70 Å². The van der Waals surface area contributed by atoms with Crippen molar-refractivity contribution in [3.63, 3.8) is 0 Å². The van der Waals surface area contributed by atoms with E-state index in [9.17, 15) is 14.4 Å². The SMILES string of the molecule is COc1ccccc1N1CCC(C(=O)Nc2ccc(C3=C4C=CC=CC4C(=O)N=N3)cc2)C1=O. The maximum Gasteiger partial charge on any atom is 0.276 e. The molecule has 1 N–H and O–H groups in total. The smallest absolute Gasteiger partial charge is 0.276 e. The average Bonchev–Trinajstić information content (AvgIpc) is 3.26. The van der Waals surface area contributed by atoms with Gasteiger partial charge in [0.1, 0.15) is 11.7 Å². The zero-order valence-electron chi connectivity index (χ0n) is 18.5. The van der Waals surface area contributed by atoms with Crippen molar-refractivity contribution in [3.8, 4) is 5.75 Å². The number of hydrogen-bond donors (Lipinski definition) is 1. The van der Waals surface area contributed by atoms with Crippen molar-refractivity contribution in [3.05, 3.63) is 84.0 Å². The van der Waals surface area contributed by atoms with Gasteiger partial charge in [-0.1, -0.05) is 48.6 Å². The van der Waals surface area contributed by atoms with Crippen molar-refractivity contribution < 1.29 is 19.1 Å². The lowest BCUT2D eigenvalue weighted by atomic mass is 9.89. The molecule has 0 aromatic heterocycles. The Bertz CT molecular complexity index is 1290. The van der Waals surface area contributed by atoms with Gasteiger partial charge in [0.2, 0.25) is 11.8 Å².